The molecule has 104 valence electrons. The van der Waals surface area contributed by atoms with Gasteiger partial charge in [-0.1, -0.05) is 0 Å². The number of benzene rings is 1. The van der Waals surface area contributed by atoms with Crippen molar-refractivity contribution in [2.24, 2.45) is 0 Å². The molecule has 0 radical (unpaired) electrons. The first-order valence-electron chi connectivity index (χ1n) is 5.07. The summed E-state index contributed by atoms with van der Waals surface area (Å²) in [5.74, 6) is -0.913. The topological polar surface area (TPSA) is 104 Å². The Bertz CT molecular complexity index is 625. The maximum atomic E-state index is 11.7. The van der Waals surface area contributed by atoms with E-state index in [-0.39, 0.29) is 5.56 Å². The highest BCUT2D eigenvalue weighted by Crippen LogP contribution is 2.26. The molecule has 0 saturated heterocycles. The number of nitrogens with zero attached hydrogens (tertiary/aromatic N) is 1. The van der Waals surface area contributed by atoms with Crippen LogP contribution in [0.15, 0.2) is 23.1 Å². The Hall–Kier alpha value is -1.67. The summed E-state index contributed by atoms with van der Waals surface area (Å²) in [4.78, 5) is 20.8. The lowest BCUT2D eigenvalue weighted by Crippen LogP contribution is -2.14. The minimum Gasteiger partial charge on any atom is -0.459 e. The zero-order valence-corrected chi connectivity index (χ0v) is 11.6. The van der Waals surface area contributed by atoms with Crippen LogP contribution in [0.2, 0.25) is 0 Å². The molecule has 0 bridgehead atoms. The molecular formula is C10H10ClNO6S. The molecule has 1 aromatic rings. The normalized spacial score (nSPS) is 11.4. The van der Waals surface area contributed by atoms with Crippen molar-refractivity contribution >= 4 is 31.4 Å². The summed E-state index contributed by atoms with van der Waals surface area (Å²) in [6.07, 6.45) is -0.464. The van der Waals surface area contributed by atoms with Crippen molar-refractivity contribution in [1.29, 1.82) is 0 Å². The predicted molar refractivity (Wildman–Crippen MR) is 66.7 cm³/mol. The molecule has 0 aromatic heterocycles. The SMILES string of the molecule is CC(C)OC(=O)c1ccc([N+](=O)[O-])cc1S(=O)(=O)Cl. The van der Waals surface area contributed by atoms with Crippen LogP contribution < -0.4 is 0 Å². The van der Waals surface area contributed by atoms with E-state index >= 15 is 0 Å². The molecular weight excluding hydrogens is 298 g/mol. The van der Waals surface area contributed by atoms with Crippen LogP contribution in [0.3, 0.4) is 0 Å². The zero-order valence-electron chi connectivity index (χ0n) is 9.99. The molecule has 0 fully saturated rings. The van der Waals surface area contributed by atoms with Crippen molar-refractivity contribution in [2.75, 3.05) is 0 Å². The number of ether oxygens (including phenoxy) is 1. The van der Waals surface area contributed by atoms with Gasteiger partial charge in [0, 0.05) is 22.8 Å². The first-order valence-corrected chi connectivity index (χ1v) is 7.38. The lowest BCUT2D eigenvalue weighted by molar-refractivity contribution is -0.385. The second-order valence-electron chi connectivity index (χ2n) is 3.83. The summed E-state index contributed by atoms with van der Waals surface area (Å²) in [7, 11) is 0.859. The van der Waals surface area contributed by atoms with Gasteiger partial charge in [-0.25, -0.2) is 13.2 Å². The number of halogens is 1. The summed E-state index contributed by atoms with van der Waals surface area (Å²) in [6.45, 7) is 3.16. The fraction of sp³-hybridized carbons (Fsp3) is 0.300. The lowest BCUT2D eigenvalue weighted by Gasteiger charge is -2.10. The number of nitro benzene ring substituents is 1. The molecule has 0 N–H and O–H groups in total. The standard InChI is InChI=1S/C10H10ClNO6S/c1-6(2)18-10(13)8-4-3-7(12(14)15)5-9(8)19(11,16)17/h3-6H,1-2H3. The van der Waals surface area contributed by atoms with Gasteiger partial charge in [0.2, 0.25) is 0 Å². The number of rotatable bonds is 4. The van der Waals surface area contributed by atoms with Gasteiger partial charge >= 0.3 is 5.97 Å². The van der Waals surface area contributed by atoms with Gasteiger partial charge in [0.05, 0.1) is 16.6 Å². The molecule has 7 nitrogen and oxygen atoms in total. The molecule has 0 unspecified atom stereocenters. The molecule has 1 rings (SSSR count). The molecule has 0 amide bonds. The molecule has 0 spiro atoms. The van der Waals surface area contributed by atoms with Crippen molar-refractivity contribution in [3.63, 3.8) is 0 Å². The highest BCUT2D eigenvalue weighted by Gasteiger charge is 2.25. The average molecular weight is 308 g/mol. The largest absolute Gasteiger partial charge is 0.459 e. The molecule has 0 heterocycles. The predicted octanol–water partition coefficient (Wildman–Crippen LogP) is 2.09. The van der Waals surface area contributed by atoms with E-state index in [2.05, 4.69) is 0 Å². The van der Waals surface area contributed by atoms with Crippen molar-refractivity contribution in [3.8, 4) is 0 Å². The van der Waals surface area contributed by atoms with Crippen LogP contribution in [-0.2, 0) is 13.8 Å². The van der Waals surface area contributed by atoms with Gasteiger partial charge in [-0.05, 0) is 19.9 Å². The third-order valence-corrected chi connectivity index (χ3v) is 3.36. The third kappa shape index (κ3) is 3.90. The number of esters is 1. The van der Waals surface area contributed by atoms with Crippen molar-refractivity contribution in [3.05, 3.63) is 33.9 Å². The third-order valence-electron chi connectivity index (χ3n) is 2.00. The average Bonchev–Trinajstić information content (AvgIpc) is 2.25. The second-order valence-corrected chi connectivity index (χ2v) is 6.36. The van der Waals surface area contributed by atoms with E-state index in [1.807, 2.05) is 0 Å². The van der Waals surface area contributed by atoms with E-state index in [1.165, 1.54) is 0 Å². The maximum Gasteiger partial charge on any atom is 0.339 e. The molecule has 9 heteroatoms. The molecule has 0 aliphatic carbocycles. The van der Waals surface area contributed by atoms with Crippen LogP contribution in [0.5, 0.6) is 0 Å². The summed E-state index contributed by atoms with van der Waals surface area (Å²) in [6, 6.07) is 2.72. The zero-order chi connectivity index (χ0) is 14.8. The smallest absolute Gasteiger partial charge is 0.339 e. The second kappa shape index (κ2) is 5.54. The Kier molecular flexibility index (Phi) is 4.48. The monoisotopic (exact) mass is 307 g/mol. The van der Waals surface area contributed by atoms with Crippen LogP contribution in [0.25, 0.3) is 0 Å². The van der Waals surface area contributed by atoms with Crippen LogP contribution in [-0.4, -0.2) is 25.4 Å². The van der Waals surface area contributed by atoms with E-state index in [0.29, 0.717) is 0 Å². The summed E-state index contributed by atoms with van der Waals surface area (Å²) < 4.78 is 27.5. The van der Waals surface area contributed by atoms with Gasteiger partial charge in [0.1, 0.15) is 4.90 Å². The number of carbonyl (C=O) groups excluding carboxylic acids is 1. The minimum absolute atomic E-state index is 0.339. The number of nitro groups is 1. The molecule has 0 atom stereocenters. The van der Waals surface area contributed by atoms with Crippen LogP contribution in [0, 0.1) is 10.1 Å². The van der Waals surface area contributed by atoms with E-state index in [0.717, 1.165) is 18.2 Å². The van der Waals surface area contributed by atoms with E-state index in [9.17, 15) is 23.3 Å². The molecule has 0 aliphatic heterocycles. The first kappa shape index (κ1) is 15.4. The van der Waals surface area contributed by atoms with Crippen LogP contribution >= 0.6 is 10.7 Å². The maximum absolute atomic E-state index is 11.7. The van der Waals surface area contributed by atoms with Crippen molar-refractivity contribution < 1.29 is 22.9 Å². The number of carbonyl (C=O) groups is 1. The Morgan fingerprint density at radius 3 is 2.42 bits per heavy atom. The Morgan fingerprint density at radius 1 is 1.42 bits per heavy atom. The highest BCUT2D eigenvalue weighted by atomic mass is 35.7. The van der Waals surface area contributed by atoms with Gasteiger partial charge in [0.15, 0.2) is 0 Å². The Labute approximate surface area is 113 Å². The molecule has 1 aromatic carbocycles. The summed E-state index contributed by atoms with van der Waals surface area (Å²) in [5, 5.41) is 10.6. The van der Waals surface area contributed by atoms with E-state index in [4.69, 9.17) is 15.4 Å². The number of hydrogen-bond donors (Lipinski definition) is 0. The van der Waals surface area contributed by atoms with Gasteiger partial charge in [-0.15, -0.1) is 0 Å². The first-order chi connectivity index (χ1) is 8.62. The minimum atomic E-state index is -4.30. The van der Waals surface area contributed by atoms with Gasteiger partial charge < -0.3 is 4.74 Å². The molecule has 0 aliphatic rings. The molecule has 19 heavy (non-hydrogen) atoms. The number of non-ortho nitro benzene ring substituents is 1. The van der Waals surface area contributed by atoms with Gasteiger partial charge in [-0.2, -0.15) is 0 Å². The quantitative estimate of drug-likeness (QED) is 0.365. The summed E-state index contributed by atoms with van der Waals surface area (Å²) in [5.41, 5.74) is -0.824. The fourth-order valence-electron chi connectivity index (χ4n) is 1.27. The molecule has 0 saturated carbocycles. The Balaban J connectivity index is 3.40. The summed E-state index contributed by atoms with van der Waals surface area (Å²) >= 11 is 0. The van der Waals surface area contributed by atoms with Crippen molar-refractivity contribution in [2.45, 2.75) is 24.8 Å². The van der Waals surface area contributed by atoms with Gasteiger partial charge in [0.25, 0.3) is 14.7 Å². The van der Waals surface area contributed by atoms with Crippen LogP contribution in [0.4, 0.5) is 5.69 Å². The van der Waals surface area contributed by atoms with Crippen LogP contribution in [0.1, 0.15) is 24.2 Å². The highest BCUT2D eigenvalue weighted by molar-refractivity contribution is 8.13. The Morgan fingerprint density at radius 2 is 2.00 bits per heavy atom. The van der Waals surface area contributed by atoms with Gasteiger partial charge in [-0.3, -0.25) is 10.1 Å². The van der Waals surface area contributed by atoms with E-state index in [1.54, 1.807) is 13.8 Å². The van der Waals surface area contributed by atoms with E-state index < -0.39 is 36.6 Å². The lowest BCUT2D eigenvalue weighted by atomic mass is 10.2. The number of hydrogen-bond acceptors (Lipinski definition) is 6. The fourth-order valence-corrected chi connectivity index (χ4v) is 2.33. The van der Waals surface area contributed by atoms with Crippen molar-refractivity contribution in [1.82, 2.24) is 0 Å².